The summed E-state index contributed by atoms with van der Waals surface area (Å²) in [6, 6.07) is 0. The van der Waals surface area contributed by atoms with Gasteiger partial charge in [0.25, 0.3) is 0 Å². The van der Waals surface area contributed by atoms with Crippen LogP contribution < -0.4 is 0 Å². The maximum Gasteiger partial charge on any atom is 0.306 e. The van der Waals surface area contributed by atoms with Gasteiger partial charge in [0.15, 0.2) is 6.10 Å². The summed E-state index contributed by atoms with van der Waals surface area (Å²) >= 11 is 0. The molecule has 0 aromatic carbocycles. The van der Waals surface area contributed by atoms with Crippen LogP contribution in [0.2, 0.25) is 0 Å². The molecule has 0 fully saturated rings. The second kappa shape index (κ2) is 59.7. The molecule has 2 atom stereocenters. The van der Waals surface area contributed by atoms with Crippen molar-refractivity contribution in [2.24, 2.45) is 11.8 Å². The lowest BCUT2D eigenvalue weighted by Crippen LogP contribution is -2.30. The zero-order chi connectivity index (χ0) is 53.2. The van der Waals surface area contributed by atoms with E-state index < -0.39 is 6.10 Å². The van der Waals surface area contributed by atoms with E-state index in [4.69, 9.17) is 14.2 Å². The van der Waals surface area contributed by atoms with Crippen LogP contribution in [0.15, 0.2) is 0 Å². The monoisotopic (exact) mass is 1030 g/mol. The molecule has 1 unspecified atom stereocenters. The third kappa shape index (κ3) is 59.5. The minimum Gasteiger partial charge on any atom is -0.462 e. The number of ether oxygens (including phenoxy) is 3. The normalized spacial score (nSPS) is 12.4. The first-order valence-corrected chi connectivity index (χ1v) is 33.3. The molecular weight excluding hydrogens is 901 g/mol. The van der Waals surface area contributed by atoms with E-state index in [1.807, 2.05) is 0 Å². The van der Waals surface area contributed by atoms with Crippen LogP contribution in [0.25, 0.3) is 0 Å². The Morgan fingerprint density at radius 1 is 0.288 bits per heavy atom. The number of carbonyl (C=O) groups is 3. The van der Waals surface area contributed by atoms with Crippen LogP contribution in [0, 0.1) is 11.8 Å². The van der Waals surface area contributed by atoms with Gasteiger partial charge >= 0.3 is 17.9 Å². The minimum atomic E-state index is -0.764. The lowest BCUT2D eigenvalue weighted by Gasteiger charge is -2.18. The predicted molar refractivity (Wildman–Crippen MR) is 316 cm³/mol. The number of rotatable bonds is 61. The van der Waals surface area contributed by atoms with Crippen molar-refractivity contribution in [3.05, 3.63) is 0 Å². The number of hydrogen-bond acceptors (Lipinski definition) is 6. The lowest BCUT2D eigenvalue weighted by atomic mass is 9.99. The van der Waals surface area contributed by atoms with Crippen molar-refractivity contribution in [2.45, 2.75) is 387 Å². The highest BCUT2D eigenvalue weighted by atomic mass is 16.6. The van der Waals surface area contributed by atoms with Gasteiger partial charge in [0, 0.05) is 19.3 Å². The van der Waals surface area contributed by atoms with Crippen molar-refractivity contribution < 1.29 is 28.6 Å². The molecule has 0 N–H and O–H groups in total. The molecule has 0 saturated carbocycles. The van der Waals surface area contributed by atoms with E-state index in [-0.39, 0.29) is 31.1 Å². The molecule has 0 amide bonds. The second-order valence-electron chi connectivity index (χ2n) is 23.8. The lowest BCUT2D eigenvalue weighted by molar-refractivity contribution is -0.167. The Bertz CT molecular complexity index is 1120. The Morgan fingerprint density at radius 2 is 0.521 bits per heavy atom. The summed E-state index contributed by atoms with van der Waals surface area (Å²) in [4.78, 5) is 38.4. The van der Waals surface area contributed by atoms with Gasteiger partial charge in [-0.25, -0.2) is 0 Å². The number of esters is 3. The summed E-state index contributed by atoms with van der Waals surface area (Å²) in [6.07, 6.45) is 66.7. The van der Waals surface area contributed by atoms with Crippen molar-refractivity contribution >= 4 is 17.9 Å². The zero-order valence-corrected chi connectivity index (χ0v) is 50.3. The van der Waals surface area contributed by atoms with Gasteiger partial charge in [-0.2, -0.15) is 0 Å². The molecule has 6 heteroatoms. The first-order chi connectivity index (χ1) is 35.8. The van der Waals surface area contributed by atoms with E-state index in [2.05, 4.69) is 34.6 Å². The fraction of sp³-hybridized carbons (Fsp3) is 0.955. The largest absolute Gasteiger partial charge is 0.462 e. The van der Waals surface area contributed by atoms with E-state index in [1.54, 1.807) is 0 Å². The molecule has 0 aliphatic rings. The smallest absolute Gasteiger partial charge is 0.306 e. The van der Waals surface area contributed by atoms with Gasteiger partial charge < -0.3 is 14.2 Å². The standard InChI is InChI=1S/C67H130O6/c1-6-8-9-10-11-12-13-14-15-16-17-18-21-27-32-37-42-47-52-57-65(68)71-60-64(73-67(70)59-54-49-44-39-34-29-24-23-26-31-36-41-46-51-56-63(5)7-2)61-72-66(69)58-53-48-43-38-33-28-22-19-20-25-30-35-40-45-50-55-62(3)4/h62-64H,6-61H2,1-5H3/t63?,64-/m1/s1. The van der Waals surface area contributed by atoms with Crippen molar-refractivity contribution in [1.82, 2.24) is 0 Å². The highest BCUT2D eigenvalue weighted by molar-refractivity contribution is 5.71. The summed E-state index contributed by atoms with van der Waals surface area (Å²) in [5.41, 5.74) is 0. The van der Waals surface area contributed by atoms with Gasteiger partial charge in [0.05, 0.1) is 0 Å². The molecule has 434 valence electrons. The second-order valence-corrected chi connectivity index (χ2v) is 23.8. The van der Waals surface area contributed by atoms with Crippen LogP contribution >= 0.6 is 0 Å². The summed E-state index contributed by atoms with van der Waals surface area (Å²) < 4.78 is 17.0. The predicted octanol–water partition coefficient (Wildman–Crippen LogP) is 22.4. The Kier molecular flexibility index (Phi) is 58.4. The Morgan fingerprint density at radius 3 is 0.781 bits per heavy atom. The van der Waals surface area contributed by atoms with Crippen LogP contribution in [-0.4, -0.2) is 37.2 Å². The fourth-order valence-electron chi connectivity index (χ4n) is 10.4. The average Bonchev–Trinajstić information content (AvgIpc) is 3.38. The van der Waals surface area contributed by atoms with Crippen LogP contribution in [0.5, 0.6) is 0 Å². The molecule has 0 saturated heterocycles. The summed E-state index contributed by atoms with van der Waals surface area (Å²) in [7, 11) is 0. The molecule has 0 aliphatic carbocycles. The van der Waals surface area contributed by atoms with Gasteiger partial charge in [-0.15, -0.1) is 0 Å². The third-order valence-corrected chi connectivity index (χ3v) is 15.8. The summed E-state index contributed by atoms with van der Waals surface area (Å²) in [5.74, 6) is 0.915. The molecule has 73 heavy (non-hydrogen) atoms. The molecule has 0 aliphatic heterocycles. The van der Waals surface area contributed by atoms with E-state index in [0.717, 1.165) is 69.6 Å². The van der Waals surface area contributed by atoms with Crippen LogP contribution in [0.3, 0.4) is 0 Å². The molecule has 0 aromatic heterocycles. The van der Waals surface area contributed by atoms with E-state index in [9.17, 15) is 14.4 Å². The van der Waals surface area contributed by atoms with Crippen LogP contribution in [0.1, 0.15) is 381 Å². The highest BCUT2D eigenvalue weighted by Crippen LogP contribution is 2.20. The Balaban J connectivity index is 4.29. The minimum absolute atomic E-state index is 0.0616. The van der Waals surface area contributed by atoms with Crippen LogP contribution in [0.4, 0.5) is 0 Å². The van der Waals surface area contributed by atoms with E-state index in [0.29, 0.717) is 19.3 Å². The first kappa shape index (κ1) is 71.4. The average molecular weight is 1030 g/mol. The number of unbranched alkanes of at least 4 members (excludes halogenated alkanes) is 45. The molecule has 0 radical (unpaired) electrons. The Labute approximate surface area is 457 Å². The topological polar surface area (TPSA) is 78.9 Å². The Hall–Kier alpha value is -1.59. The maximum absolute atomic E-state index is 12.9. The quantitative estimate of drug-likeness (QED) is 0.0343. The molecule has 0 bridgehead atoms. The van der Waals surface area contributed by atoms with Crippen molar-refractivity contribution in [3.63, 3.8) is 0 Å². The van der Waals surface area contributed by atoms with Crippen molar-refractivity contribution in [2.75, 3.05) is 13.2 Å². The molecule has 0 spiro atoms. The summed E-state index contributed by atoms with van der Waals surface area (Å²) in [5, 5.41) is 0. The van der Waals surface area contributed by atoms with Gasteiger partial charge in [-0.1, -0.05) is 343 Å². The molecule has 0 rings (SSSR count). The van der Waals surface area contributed by atoms with Gasteiger partial charge in [-0.05, 0) is 31.1 Å². The molecule has 0 aromatic rings. The number of hydrogen-bond donors (Lipinski definition) is 0. The van der Waals surface area contributed by atoms with Crippen molar-refractivity contribution in [3.8, 4) is 0 Å². The van der Waals surface area contributed by atoms with Crippen LogP contribution in [-0.2, 0) is 28.6 Å². The zero-order valence-electron chi connectivity index (χ0n) is 50.3. The highest BCUT2D eigenvalue weighted by Gasteiger charge is 2.19. The number of carbonyl (C=O) groups excluding carboxylic acids is 3. The fourth-order valence-corrected chi connectivity index (χ4v) is 10.4. The molecule has 0 heterocycles. The third-order valence-electron chi connectivity index (χ3n) is 15.8. The molecular formula is C67H130O6. The SMILES string of the molecule is CCCCCCCCCCCCCCCCCCCCCC(=O)OC[C@H](COC(=O)CCCCCCCCCCCCCCCCCC(C)C)OC(=O)CCCCCCCCCCCCCCCCC(C)CC. The van der Waals surface area contributed by atoms with Gasteiger partial charge in [0.1, 0.15) is 13.2 Å². The maximum atomic E-state index is 12.9. The first-order valence-electron chi connectivity index (χ1n) is 33.3. The van der Waals surface area contributed by atoms with Gasteiger partial charge in [-0.3, -0.25) is 14.4 Å². The summed E-state index contributed by atoms with van der Waals surface area (Å²) in [6.45, 7) is 11.5. The molecule has 6 nitrogen and oxygen atoms in total. The van der Waals surface area contributed by atoms with Crippen molar-refractivity contribution in [1.29, 1.82) is 0 Å². The van der Waals surface area contributed by atoms with E-state index >= 15 is 0 Å². The van der Waals surface area contributed by atoms with Gasteiger partial charge in [0.2, 0.25) is 0 Å². The van der Waals surface area contributed by atoms with E-state index in [1.165, 1.54) is 270 Å².